The van der Waals surface area contributed by atoms with Crippen LogP contribution >= 0.6 is 12.4 Å². The van der Waals surface area contributed by atoms with E-state index < -0.39 is 6.04 Å². The molecule has 0 bridgehead atoms. The average Bonchev–Trinajstić information content (AvgIpc) is 2.40. The first-order valence-corrected chi connectivity index (χ1v) is 6.97. The minimum atomic E-state index is -0.448. The molecular weight excluding hydrogens is 290 g/mol. The maximum absolute atomic E-state index is 11.8. The summed E-state index contributed by atoms with van der Waals surface area (Å²) in [5, 5.41) is 2.80. The Morgan fingerprint density at radius 2 is 1.95 bits per heavy atom. The number of anilines is 1. The van der Waals surface area contributed by atoms with Gasteiger partial charge in [-0.25, -0.2) is 0 Å². The van der Waals surface area contributed by atoms with Crippen LogP contribution in [0.1, 0.15) is 19.8 Å². The van der Waals surface area contributed by atoms with E-state index in [1.165, 1.54) is 0 Å². The number of nitrogens with one attached hydrogen (secondary N) is 1. The molecule has 0 aliphatic carbocycles. The van der Waals surface area contributed by atoms with Gasteiger partial charge >= 0.3 is 0 Å². The first-order valence-electron chi connectivity index (χ1n) is 6.97. The highest BCUT2D eigenvalue weighted by Gasteiger charge is 2.12. The molecule has 0 radical (unpaired) electrons. The molecule has 0 aliphatic heterocycles. The fourth-order valence-electron chi connectivity index (χ4n) is 1.66. The molecule has 0 saturated heterocycles. The Kier molecular flexibility index (Phi) is 9.78. The van der Waals surface area contributed by atoms with E-state index in [1.807, 2.05) is 45.3 Å². The fourth-order valence-corrected chi connectivity index (χ4v) is 1.66. The summed E-state index contributed by atoms with van der Waals surface area (Å²) >= 11 is 0. The van der Waals surface area contributed by atoms with Crippen molar-refractivity contribution in [3.05, 3.63) is 24.3 Å². The van der Waals surface area contributed by atoms with Gasteiger partial charge in [-0.05, 0) is 44.8 Å². The largest absolute Gasteiger partial charge is 0.492 e. The van der Waals surface area contributed by atoms with Gasteiger partial charge in [-0.15, -0.1) is 12.4 Å². The molecule has 0 saturated carbocycles. The van der Waals surface area contributed by atoms with Crippen LogP contribution in [-0.2, 0) is 4.79 Å². The Hall–Kier alpha value is -1.30. The molecule has 120 valence electrons. The molecule has 1 aromatic rings. The molecule has 5 nitrogen and oxygen atoms in total. The van der Waals surface area contributed by atoms with Crippen LogP contribution in [0, 0.1) is 0 Å². The number of rotatable bonds is 8. The minimum absolute atomic E-state index is 0. The van der Waals surface area contributed by atoms with Gasteiger partial charge in [0.15, 0.2) is 0 Å². The quantitative estimate of drug-likeness (QED) is 0.771. The molecule has 1 aromatic carbocycles. The van der Waals surface area contributed by atoms with Crippen molar-refractivity contribution >= 4 is 24.0 Å². The van der Waals surface area contributed by atoms with Crippen LogP contribution in [0.2, 0.25) is 0 Å². The lowest BCUT2D eigenvalue weighted by Crippen LogP contribution is -2.35. The predicted molar refractivity (Wildman–Crippen MR) is 89.3 cm³/mol. The Morgan fingerprint density at radius 1 is 1.33 bits per heavy atom. The topological polar surface area (TPSA) is 67.6 Å². The zero-order valence-corrected chi connectivity index (χ0v) is 13.8. The maximum Gasteiger partial charge on any atom is 0.241 e. The van der Waals surface area contributed by atoms with Gasteiger partial charge < -0.3 is 20.7 Å². The van der Waals surface area contributed by atoms with E-state index in [0.29, 0.717) is 13.0 Å². The Bertz CT molecular complexity index is 410. The van der Waals surface area contributed by atoms with E-state index in [1.54, 1.807) is 0 Å². The number of amides is 1. The molecule has 1 atom stereocenters. The van der Waals surface area contributed by atoms with Crippen molar-refractivity contribution in [2.45, 2.75) is 25.8 Å². The number of hydrogen-bond donors (Lipinski definition) is 2. The second kappa shape index (κ2) is 10.4. The third kappa shape index (κ3) is 7.90. The van der Waals surface area contributed by atoms with Crippen LogP contribution in [0.5, 0.6) is 5.75 Å². The second-order valence-electron chi connectivity index (χ2n) is 5.06. The molecule has 0 heterocycles. The van der Waals surface area contributed by atoms with E-state index in [-0.39, 0.29) is 18.3 Å². The number of nitrogens with zero attached hydrogens (tertiary/aromatic N) is 1. The van der Waals surface area contributed by atoms with Gasteiger partial charge in [-0.1, -0.05) is 13.3 Å². The fraction of sp³-hybridized carbons (Fsp3) is 0.533. The highest BCUT2D eigenvalue weighted by molar-refractivity contribution is 5.94. The summed E-state index contributed by atoms with van der Waals surface area (Å²) in [5.74, 6) is 0.649. The van der Waals surface area contributed by atoms with Crippen LogP contribution in [-0.4, -0.2) is 44.1 Å². The molecule has 3 N–H and O–H groups in total. The van der Waals surface area contributed by atoms with Crippen LogP contribution in [0.15, 0.2) is 24.3 Å². The van der Waals surface area contributed by atoms with Gasteiger partial charge in [-0.2, -0.15) is 0 Å². The first-order chi connectivity index (χ1) is 9.52. The van der Waals surface area contributed by atoms with E-state index >= 15 is 0 Å². The van der Waals surface area contributed by atoms with Gasteiger partial charge in [0.25, 0.3) is 0 Å². The van der Waals surface area contributed by atoms with Crippen molar-refractivity contribution < 1.29 is 9.53 Å². The van der Waals surface area contributed by atoms with Crippen LogP contribution in [0.25, 0.3) is 0 Å². The zero-order valence-electron chi connectivity index (χ0n) is 13.0. The normalized spacial score (nSPS) is 11.7. The first kappa shape index (κ1) is 19.7. The van der Waals surface area contributed by atoms with Gasteiger partial charge in [-0.3, -0.25) is 4.79 Å². The lowest BCUT2D eigenvalue weighted by atomic mass is 10.1. The standard InChI is InChI=1S/C15H25N3O2.ClH/c1-4-5-14(16)15(19)17-12-6-8-13(9-7-12)20-11-10-18(2)3;/h6-9,14H,4-5,10-11,16H2,1-3H3,(H,17,19);1H. The summed E-state index contributed by atoms with van der Waals surface area (Å²) in [6.07, 6.45) is 1.59. The number of hydrogen-bond acceptors (Lipinski definition) is 4. The lowest BCUT2D eigenvalue weighted by Gasteiger charge is -2.13. The number of benzene rings is 1. The predicted octanol–water partition coefficient (Wildman–Crippen LogP) is 2.11. The van der Waals surface area contributed by atoms with Gasteiger partial charge in [0.2, 0.25) is 5.91 Å². The molecule has 0 fully saturated rings. The molecule has 0 spiro atoms. The van der Waals surface area contributed by atoms with Crippen molar-refractivity contribution in [3.63, 3.8) is 0 Å². The molecule has 6 heteroatoms. The molecule has 0 aromatic heterocycles. The Balaban J connectivity index is 0.00000400. The summed E-state index contributed by atoms with van der Waals surface area (Å²) in [6, 6.07) is 6.88. The van der Waals surface area contributed by atoms with Crippen molar-refractivity contribution in [3.8, 4) is 5.75 Å². The Labute approximate surface area is 133 Å². The van der Waals surface area contributed by atoms with Gasteiger partial charge in [0, 0.05) is 12.2 Å². The molecule has 1 unspecified atom stereocenters. The second-order valence-corrected chi connectivity index (χ2v) is 5.06. The number of ether oxygens (including phenoxy) is 1. The highest BCUT2D eigenvalue weighted by Crippen LogP contribution is 2.16. The zero-order chi connectivity index (χ0) is 15.0. The van der Waals surface area contributed by atoms with Crippen LogP contribution in [0.3, 0.4) is 0 Å². The summed E-state index contributed by atoms with van der Waals surface area (Å²) in [6.45, 7) is 3.51. The number of carbonyl (C=O) groups is 1. The van der Waals surface area contributed by atoms with Crippen molar-refractivity contribution in [1.29, 1.82) is 0 Å². The average molecular weight is 316 g/mol. The highest BCUT2D eigenvalue weighted by atomic mass is 35.5. The van der Waals surface area contributed by atoms with Gasteiger partial charge in [0.05, 0.1) is 6.04 Å². The van der Waals surface area contributed by atoms with E-state index in [4.69, 9.17) is 10.5 Å². The summed E-state index contributed by atoms with van der Waals surface area (Å²) in [4.78, 5) is 13.8. The van der Waals surface area contributed by atoms with Crippen LogP contribution in [0.4, 0.5) is 5.69 Å². The monoisotopic (exact) mass is 315 g/mol. The number of nitrogens with two attached hydrogens (primary N) is 1. The molecular formula is C15H26ClN3O2. The molecule has 1 rings (SSSR count). The third-order valence-electron chi connectivity index (χ3n) is 2.87. The maximum atomic E-state index is 11.8. The number of likely N-dealkylation sites (N-methyl/N-ethyl adjacent to an activating group) is 1. The third-order valence-corrected chi connectivity index (χ3v) is 2.87. The van der Waals surface area contributed by atoms with Crippen molar-refractivity contribution in [1.82, 2.24) is 4.90 Å². The number of halogens is 1. The summed E-state index contributed by atoms with van der Waals surface area (Å²) in [7, 11) is 4.00. The summed E-state index contributed by atoms with van der Waals surface area (Å²) < 4.78 is 5.58. The van der Waals surface area contributed by atoms with E-state index in [2.05, 4.69) is 10.2 Å². The molecule has 1 amide bonds. The van der Waals surface area contributed by atoms with Crippen molar-refractivity contribution in [2.24, 2.45) is 5.73 Å². The Morgan fingerprint density at radius 3 is 2.48 bits per heavy atom. The molecule has 21 heavy (non-hydrogen) atoms. The number of carbonyl (C=O) groups excluding carboxylic acids is 1. The van der Waals surface area contributed by atoms with Crippen molar-refractivity contribution in [2.75, 3.05) is 32.6 Å². The SMILES string of the molecule is CCCC(N)C(=O)Nc1ccc(OCCN(C)C)cc1.Cl. The lowest BCUT2D eigenvalue weighted by molar-refractivity contribution is -0.117. The minimum Gasteiger partial charge on any atom is -0.492 e. The van der Waals surface area contributed by atoms with E-state index in [0.717, 1.165) is 24.4 Å². The smallest absolute Gasteiger partial charge is 0.241 e. The molecule has 0 aliphatic rings. The van der Waals surface area contributed by atoms with Gasteiger partial charge in [0.1, 0.15) is 12.4 Å². The summed E-state index contributed by atoms with van der Waals surface area (Å²) in [5.41, 5.74) is 6.50. The van der Waals surface area contributed by atoms with E-state index in [9.17, 15) is 4.79 Å². The van der Waals surface area contributed by atoms with Crippen LogP contribution < -0.4 is 15.8 Å².